The standard InChI is InChI=1S/C12H18ClNO2S/c13-6-8-16-9-7-14-12(15)5-1-3-11-4-2-10-17-11/h2,4,10H,1,3,5-9H2,(H,14,15). The van der Waals surface area contributed by atoms with Crippen LogP contribution in [0, 0.1) is 0 Å². The molecule has 1 aromatic rings. The average Bonchev–Trinajstić information content (AvgIpc) is 2.82. The van der Waals surface area contributed by atoms with Gasteiger partial charge in [0.2, 0.25) is 5.91 Å². The van der Waals surface area contributed by atoms with Gasteiger partial charge in [-0.05, 0) is 24.3 Å². The summed E-state index contributed by atoms with van der Waals surface area (Å²) in [6.07, 6.45) is 2.45. The van der Waals surface area contributed by atoms with Gasteiger partial charge in [0.25, 0.3) is 0 Å². The molecule has 0 fully saturated rings. The van der Waals surface area contributed by atoms with E-state index in [9.17, 15) is 4.79 Å². The molecule has 0 saturated heterocycles. The highest BCUT2D eigenvalue weighted by Crippen LogP contribution is 2.11. The highest BCUT2D eigenvalue weighted by Gasteiger charge is 2.01. The molecular weight excluding hydrogens is 258 g/mol. The minimum atomic E-state index is 0.0935. The second-order valence-electron chi connectivity index (χ2n) is 3.58. The van der Waals surface area contributed by atoms with Gasteiger partial charge in [-0.1, -0.05) is 6.07 Å². The second-order valence-corrected chi connectivity index (χ2v) is 4.99. The van der Waals surface area contributed by atoms with Crippen LogP contribution >= 0.6 is 22.9 Å². The Morgan fingerprint density at radius 1 is 1.47 bits per heavy atom. The van der Waals surface area contributed by atoms with Crippen LogP contribution in [0.1, 0.15) is 17.7 Å². The molecule has 0 aliphatic heterocycles. The number of alkyl halides is 1. The van der Waals surface area contributed by atoms with Gasteiger partial charge in [-0.25, -0.2) is 0 Å². The smallest absolute Gasteiger partial charge is 0.220 e. The second kappa shape index (κ2) is 9.45. The lowest BCUT2D eigenvalue weighted by Gasteiger charge is -2.05. The van der Waals surface area contributed by atoms with Gasteiger partial charge >= 0.3 is 0 Å². The van der Waals surface area contributed by atoms with Crippen molar-refractivity contribution in [3.05, 3.63) is 22.4 Å². The van der Waals surface area contributed by atoms with Crippen LogP contribution in [0.4, 0.5) is 0 Å². The van der Waals surface area contributed by atoms with E-state index in [0.29, 0.717) is 32.1 Å². The lowest BCUT2D eigenvalue weighted by Crippen LogP contribution is -2.27. The molecule has 1 amide bonds. The first-order chi connectivity index (χ1) is 8.33. The molecule has 0 unspecified atom stereocenters. The van der Waals surface area contributed by atoms with E-state index in [0.717, 1.165) is 12.8 Å². The number of carbonyl (C=O) groups is 1. The Labute approximate surface area is 111 Å². The normalized spacial score (nSPS) is 10.4. The summed E-state index contributed by atoms with van der Waals surface area (Å²) >= 11 is 7.19. The van der Waals surface area contributed by atoms with Gasteiger partial charge in [-0.3, -0.25) is 4.79 Å². The molecule has 1 N–H and O–H groups in total. The first-order valence-electron chi connectivity index (χ1n) is 5.75. The monoisotopic (exact) mass is 275 g/mol. The van der Waals surface area contributed by atoms with Crippen LogP contribution in [0.2, 0.25) is 0 Å². The van der Waals surface area contributed by atoms with Crippen molar-refractivity contribution >= 4 is 28.8 Å². The molecule has 0 atom stereocenters. The number of thiophene rings is 1. The van der Waals surface area contributed by atoms with E-state index in [1.54, 1.807) is 11.3 Å². The topological polar surface area (TPSA) is 38.3 Å². The van der Waals surface area contributed by atoms with Crippen LogP contribution in [0.25, 0.3) is 0 Å². The molecule has 17 heavy (non-hydrogen) atoms. The molecule has 1 rings (SSSR count). The fraction of sp³-hybridized carbons (Fsp3) is 0.583. The quantitative estimate of drug-likeness (QED) is 0.555. The maximum absolute atomic E-state index is 11.4. The van der Waals surface area contributed by atoms with Crippen molar-refractivity contribution < 1.29 is 9.53 Å². The zero-order chi connectivity index (χ0) is 12.3. The van der Waals surface area contributed by atoms with E-state index in [2.05, 4.69) is 16.8 Å². The van der Waals surface area contributed by atoms with Crippen molar-refractivity contribution in [3.8, 4) is 0 Å². The molecule has 96 valence electrons. The van der Waals surface area contributed by atoms with E-state index in [-0.39, 0.29) is 5.91 Å². The lowest BCUT2D eigenvalue weighted by molar-refractivity contribution is -0.121. The summed E-state index contributed by atoms with van der Waals surface area (Å²) in [4.78, 5) is 12.8. The van der Waals surface area contributed by atoms with Gasteiger partial charge in [-0.15, -0.1) is 22.9 Å². The fourth-order valence-electron chi connectivity index (χ4n) is 1.39. The molecule has 1 aromatic heterocycles. The number of ether oxygens (including phenoxy) is 1. The SMILES string of the molecule is O=C(CCCc1cccs1)NCCOCCCl. The molecule has 0 bridgehead atoms. The van der Waals surface area contributed by atoms with Gasteiger partial charge in [0, 0.05) is 23.7 Å². The van der Waals surface area contributed by atoms with Crippen molar-refractivity contribution in [1.29, 1.82) is 0 Å². The summed E-state index contributed by atoms with van der Waals surface area (Å²) in [6, 6.07) is 4.14. The summed E-state index contributed by atoms with van der Waals surface area (Å²) < 4.78 is 5.15. The maximum Gasteiger partial charge on any atom is 0.220 e. The molecular formula is C12H18ClNO2S. The van der Waals surface area contributed by atoms with Crippen LogP contribution in [0.3, 0.4) is 0 Å². The Kier molecular flexibility index (Phi) is 8.05. The number of nitrogens with one attached hydrogen (secondary N) is 1. The number of rotatable bonds is 9. The minimum absolute atomic E-state index is 0.0935. The maximum atomic E-state index is 11.4. The van der Waals surface area contributed by atoms with Crippen LogP contribution in [0.5, 0.6) is 0 Å². The van der Waals surface area contributed by atoms with E-state index in [1.165, 1.54) is 4.88 Å². The van der Waals surface area contributed by atoms with E-state index in [4.69, 9.17) is 16.3 Å². The van der Waals surface area contributed by atoms with Crippen molar-refractivity contribution in [2.24, 2.45) is 0 Å². The van der Waals surface area contributed by atoms with Crippen molar-refractivity contribution in [2.45, 2.75) is 19.3 Å². The zero-order valence-corrected chi connectivity index (χ0v) is 11.4. The third-order valence-corrected chi connectivity index (χ3v) is 3.29. The molecule has 0 aliphatic carbocycles. The molecule has 0 saturated carbocycles. The number of aryl methyl sites for hydroxylation is 1. The highest BCUT2D eigenvalue weighted by molar-refractivity contribution is 7.09. The highest BCUT2D eigenvalue weighted by atomic mass is 35.5. The largest absolute Gasteiger partial charge is 0.378 e. The number of halogens is 1. The Morgan fingerprint density at radius 3 is 3.06 bits per heavy atom. The Balaban J connectivity index is 1.94. The predicted octanol–water partition coefficient (Wildman–Crippen LogP) is 2.44. The Morgan fingerprint density at radius 2 is 2.35 bits per heavy atom. The number of amides is 1. The van der Waals surface area contributed by atoms with Gasteiger partial charge in [0.1, 0.15) is 0 Å². The van der Waals surface area contributed by atoms with Gasteiger partial charge < -0.3 is 10.1 Å². The van der Waals surface area contributed by atoms with Gasteiger partial charge in [0.05, 0.1) is 13.2 Å². The van der Waals surface area contributed by atoms with Crippen LogP contribution in [0.15, 0.2) is 17.5 Å². The molecule has 0 spiro atoms. The van der Waals surface area contributed by atoms with Crippen LogP contribution in [-0.4, -0.2) is 31.5 Å². The Hall–Kier alpha value is -0.580. The number of hydrogen-bond acceptors (Lipinski definition) is 3. The van der Waals surface area contributed by atoms with Crippen molar-refractivity contribution in [3.63, 3.8) is 0 Å². The zero-order valence-electron chi connectivity index (χ0n) is 9.78. The summed E-state index contributed by atoms with van der Waals surface area (Å²) in [5, 5.41) is 4.88. The summed E-state index contributed by atoms with van der Waals surface area (Å²) in [5.74, 6) is 0.588. The third kappa shape index (κ3) is 7.36. The Bertz CT molecular complexity index is 303. The predicted molar refractivity (Wildman–Crippen MR) is 71.8 cm³/mol. The molecule has 0 aliphatic rings. The molecule has 0 aromatic carbocycles. The van der Waals surface area contributed by atoms with E-state index < -0.39 is 0 Å². The molecule has 5 heteroatoms. The average molecular weight is 276 g/mol. The summed E-state index contributed by atoms with van der Waals surface area (Å²) in [5.41, 5.74) is 0. The number of hydrogen-bond donors (Lipinski definition) is 1. The van der Waals surface area contributed by atoms with Crippen LogP contribution in [-0.2, 0) is 16.0 Å². The van der Waals surface area contributed by atoms with Gasteiger partial charge in [-0.2, -0.15) is 0 Å². The first-order valence-corrected chi connectivity index (χ1v) is 7.17. The van der Waals surface area contributed by atoms with Crippen molar-refractivity contribution in [2.75, 3.05) is 25.6 Å². The number of carbonyl (C=O) groups excluding carboxylic acids is 1. The fourth-order valence-corrected chi connectivity index (χ4v) is 2.25. The van der Waals surface area contributed by atoms with Gasteiger partial charge in [0.15, 0.2) is 0 Å². The molecule has 3 nitrogen and oxygen atoms in total. The molecule has 1 heterocycles. The summed E-state index contributed by atoms with van der Waals surface area (Å²) in [6.45, 7) is 1.63. The van der Waals surface area contributed by atoms with E-state index in [1.807, 2.05) is 6.07 Å². The third-order valence-electron chi connectivity index (χ3n) is 2.20. The lowest BCUT2D eigenvalue weighted by atomic mass is 10.2. The summed E-state index contributed by atoms with van der Waals surface area (Å²) in [7, 11) is 0. The molecule has 0 radical (unpaired) electrons. The van der Waals surface area contributed by atoms with Crippen molar-refractivity contribution in [1.82, 2.24) is 5.32 Å². The van der Waals surface area contributed by atoms with E-state index >= 15 is 0 Å². The first kappa shape index (κ1) is 14.5. The minimum Gasteiger partial charge on any atom is -0.378 e. The van der Waals surface area contributed by atoms with Crippen LogP contribution < -0.4 is 5.32 Å².